The summed E-state index contributed by atoms with van der Waals surface area (Å²) in [5, 5.41) is 1.83. The first-order valence-corrected chi connectivity index (χ1v) is 10.5. The monoisotopic (exact) mass is 426 g/mol. The van der Waals surface area contributed by atoms with Gasteiger partial charge in [0.25, 0.3) is 0 Å². The highest BCUT2D eigenvalue weighted by molar-refractivity contribution is 5.96. The molecule has 0 aliphatic carbocycles. The second-order valence-corrected chi connectivity index (χ2v) is 7.82. The van der Waals surface area contributed by atoms with Gasteiger partial charge in [-0.25, -0.2) is 9.59 Å². The van der Waals surface area contributed by atoms with E-state index in [9.17, 15) is 14.4 Å². The Morgan fingerprint density at radius 1 is 1.03 bits per heavy atom. The summed E-state index contributed by atoms with van der Waals surface area (Å²) in [6.07, 6.45) is 1.85. The summed E-state index contributed by atoms with van der Waals surface area (Å²) < 4.78 is 16.0. The molecule has 31 heavy (non-hydrogen) atoms. The first-order chi connectivity index (χ1) is 14.9. The highest BCUT2D eigenvalue weighted by atomic mass is 16.6. The molecule has 2 amide bonds. The Morgan fingerprint density at radius 2 is 1.74 bits per heavy atom. The SMILES string of the molecule is CCOC(=O)N1CCN(C(=O)CCc2c(C)c3cc4c(C)coc4cc3oc2=O)CC1. The van der Waals surface area contributed by atoms with Crippen LogP contribution in [-0.4, -0.2) is 54.6 Å². The summed E-state index contributed by atoms with van der Waals surface area (Å²) in [5.74, 6) is -0.0384. The van der Waals surface area contributed by atoms with Gasteiger partial charge in [0.15, 0.2) is 0 Å². The van der Waals surface area contributed by atoms with Crippen molar-refractivity contribution in [2.24, 2.45) is 0 Å². The number of nitrogens with zero attached hydrogens (tertiary/aromatic N) is 2. The summed E-state index contributed by atoms with van der Waals surface area (Å²) in [4.78, 5) is 40.4. The molecule has 1 aliphatic heterocycles. The zero-order valence-corrected chi connectivity index (χ0v) is 18.0. The largest absolute Gasteiger partial charge is 0.464 e. The van der Waals surface area contributed by atoms with Gasteiger partial charge in [0.1, 0.15) is 11.2 Å². The maximum atomic E-state index is 12.7. The zero-order valence-electron chi connectivity index (χ0n) is 18.0. The van der Waals surface area contributed by atoms with Crippen LogP contribution in [0.2, 0.25) is 0 Å². The molecule has 0 unspecified atom stereocenters. The van der Waals surface area contributed by atoms with E-state index < -0.39 is 5.63 Å². The molecule has 1 aliphatic rings. The summed E-state index contributed by atoms with van der Waals surface area (Å²) >= 11 is 0. The van der Waals surface area contributed by atoms with Gasteiger partial charge < -0.3 is 23.4 Å². The first-order valence-electron chi connectivity index (χ1n) is 10.5. The number of amides is 2. The number of fused-ring (bicyclic) bond motifs is 2. The van der Waals surface area contributed by atoms with Crippen LogP contribution in [0.15, 0.2) is 32.0 Å². The maximum Gasteiger partial charge on any atom is 0.409 e. The Labute approximate surface area is 179 Å². The average molecular weight is 426 g/mol. The van der Waals surface area contributed by atoms with Gasteiger partial charge in [-0.3, -0.25) is 4.79 Å². The van der Waals surface area contributed by atoms with Crippen molar-refractivity contribution in [3.63, 3.8) is 0 Å². The Morgan fingerprint density at radius 3 is 2.45 bits per heavy atom. The minimum Gasteiger partial charge on any atom is -0.464 e. The number of benzene rings is 1. The molecule has 8 nitrogen and oxygen atoms in total. The van der Waals surface area contributed by atoms with Gasteiger partial charge in [-0.1, -0.05) is 0 Å². The quantitative estimate of drug-likeness (QED) is 0.594. The van der Waals surface area contributed by atoms with E-state index >= 15 is 0 Å². The van der Waals surface area contributed by atoms with E-state index in [-0.39, 0.29) is 18.4 Å². The van der Waals surface area contributed by atoms with Crippen molar-refractivity contribution >= 4 is 33.9 Å². The second-order valence-electron chi connectivity index (χ2n) is 7.82. The molecule has 0 bridgehead atoms. The van der Waals surface area contributed by atoms with Crippen LogP contribution in [0, 0.1) is 13.8 Å². The van der Waals surface area contributed by atoms with E-state index in [1.54, 1.807) is 29.1 Å². The molecule has 1 saturated heterocycles. The molecule has 0 atom stereocenters. The number of rotatable bonds is 4. The molecule has 3 heterocycles. The Hall–Kier alpha value is -3.29. The van der Waals surface area contributed by atoms with Gasteiger partial charge in [0.05, 0.1) is 12.9 Å². The molecule has 0 N–H and O–H groups in total. The lowest BCUT2D eigenvalue weighted by Gasteiger charge is -2.34. The topological polar surface area (TPSA) is 93.2 Å². The smallest absolute Gasteiger partial charge is 0.409 e. The Bertz CT molecular complexity index is 1200. The number of ether oxygens (including phenoxy) is 1. The standard InChI is InChI=1S/C23H26N2O6/c1-4-29-23(28)25-9-7-24(8-10-25)21(26)6-5-16-15(3)18-11-17-14(2)13-30-19(17)12-20(18)31-22(16)27/h11-13H,4-10H2,1-3H3. The van der Waals surface area contributed by atoms with Crippen LogP contribution >= 0.6 is 0 Å². The number of hydrogen-bond acceptors (Lipinski definition) is 6. The second kappa shape index (κ2) is 8.45. The highest BCUT2D eigenvalue weighted by Gasteiger charge is 2.25. The molecule has 0 radical (unpaired) electrons. The van der Waals surface area contributed by atoms with E-state index in [2.05, 4.69) is 0 Å². The van der Waals surface area contributed by atoms with Crippen LogP contribution in [0.1, 0.15) is 30.0 Å². The number of carbonyl (C=O) groups is 2. The van der Waals surface area contributed by atoms with Gasteiger partial charge in [-0.15, -0.1) is 0 Å². The predicted molar refractivity (Wildman–Crippen MR) is 115 cm³/mol. The minimum atomic E-state index is -0.424. The van der Waals surface area contributed by atoms with Crippen molar-refractivity contribution in [2.45, 2.75) is 33.6 Å². The number of piperazine rings is 1. The maximum absolute atomic E-state index is 12.7. The molecule has 1 aromatic carbocycles. The summed E-state index contributed by atoms with van der Waals surface area (Å²) in [7, 11) is 0. The van der Waals surface area contributed by atoms with Crippen molar-refractivity contribution < 1.29 is 23.2 Å². The molecule has 8 heteroatoms. The summed E-state index contributed by atoms with van der Waals surface area (Å²) in [6.45, 7) is 7.76. The summed E-state index contributed by atoms with van der Waals surface area (Å²) in [6, 6.07) is 3.71. The van der Waals surface area contributed by atoms with Crippen LogP contribution < -0.4 is 5.63 Å². The van der Waals surface area contributed by atoms with Crippen LogP contribution in [0.5, 0.6) is 0 Å². The Kier molecular flexibility index (Phi) is 5.71. The number of carbonyl (C=O) groups excluding carboxylic acids is 2. The van der Waals surface area contributed by atoms with Crippen molar-refractivity contribution in [2.75, 3.05) is 32.8 Å². The first kappa shape index (κ1) is 21.0. The molecule has 4 rings (SSSR count). The van der Waals surface area contributed by atoms with E-state index in [0.717, 1.165) is 21.9 Å². The van der Waals surface area contributed by atoms with Gasteiger partial charge in [-0.2, -0.15) is 0 Å². The fourth-order valence-electron chi connectivity index (χ4n) is 4.07. The third-order valence-electron chi connectivity index (χ3n) is 5.92. The number of hydrogen-bond donors (Lipinski definition) is 0. The lowest BCUT2D eigenvalue weighted by molar-refractivity contribution is -0.132. The van der Waals surface area contributed by atoms with Crippen LogP contribution in [0.3, 0.4) is 0 Å². The van der Waals surface area contributed by atoms with Gasteiger partial charge >= 0.3 is 11.7 Å². The predicted octanol–water partition coefficient (Wildman–Crippen LogP) is 3.39. The molecule has 3 aromatic rings. The molecule has 2 aromatic heterocycles. The van der Waals surface area contributed by atoms with E-state index in [1.165, 1.54) is 0 Å². The van der Waals surface area contributed by atoms with Crippen LogP contribution in [0.4, 0.5) is 4.79 Å². The minimum absolute atomic E-state index is 0.0384. The van der Waals surface area contributed by atoms with Crippen LogP contribution in [0.25, 0.3) is 21.9 Å². The van der Waals surface area contributed by atoms with Crippen molar-refractivity contribution in [1.82, 2.24) is 9.80 Å². The number of furan rings is 1. The molecule has 0 spiro atoms. The molecular weight excluding hydrogens is 400 g/mol. The normalized spacial score (nSPS) is 14.4. The van der Waals surface area contributed by atoms with Crippen LogP contribution in [-0.2, 0) is 16.0 Å². The van der Waals surface area contributed by atoms with E-state index in [4.69, 9.17) is 13.6 Å². The van der Waals surface area contributed by atoms with Crippen molar-refractivity contribution in [1.29, 1.82) is 0 Å². The average Bonchev–Trinajstić information content (AvgIpc) is 3.12. The van der Waals surface area contributed by atoms with Gasteiger partial charge in [0.2, 0.25) is 5.91 Å². The molecule has 1 fully saturated rings. The van der Waals surface area contributed by atoms with Gasteiger partial charge in [-0.05, 0) is 44.4 Å². The third-order valence-corrected chi connectivity index (χ3v) is 5.92. The molecular formula is C23H26N2O6. The van der Waals surface area contributed by atoms with E-state index in [0.29, 0.717) is 55.9 Å². The van der Waals surface area contributed by atoms with Gasteiger partial charge in [0, 0.05) is 55.0 Å². The fourth-order valence-corrected chi connectivity index (χ4v) is 4.07. The molecule has 0 saturated carbocycles. The summed E-state index contributed by atoms with van der Waals surface area (Å²) in [5.41, 5.74) is 3.10. The number of aryl methyl sites for hydroxylation is 2. The van der Waals surface area contributed by atoms with E-state index in [1.807, 2.05) is 19.9 Å². The lowest BCUT2D eigenvalue weighted by Crippen LogP contribution is -2.50. The zero-order chi connectivity index (χ0) is 22.1. The lowest BCUT2D eigenvalue weighted by atomic mass is 10.0. The Balaban J connectivity index is 1.47. The molecule has 164 valence electrons. The highest BCUT2D eigenvalue weighted by Crippen LogP contribution is 2.29. The van der Waals surface area contributed by atoms with Crippen molar-refractivity contribution in [3.05, 3.63) is 45.5 Å². The van der Waals surface area contributed by atoms with Crippen molar-refractivity contribution in [3.8, 4) is 0 Å². The fraction of sp³-hybridized carbons (Fsp3) is 0.435. The third kappa shape index (κ3) is 4.02.